The summed E-state index contributed by atoms with van der Waals surface area (Å²) in [6.45, 7) is 4.08. The highest BCUT2D eigenvalue weighted by atomic mass is 32.2. The monoisotopic (exact) mass is 2070 g/mol. The second kappa shape index (κ2) is 78.7. The molecule has 2 heterocycles. The van der Waals surface area contributed by atoms with Crippen molar-refractivity contribution in [2.75, 3.05) is 174 Å². The number of aromatic amines is 1. The molecular weight excluding hydrogens is 1910 g/mol. The number of unbranched alkanes of at least 4 members (excludes halogenated alkanes) is 10. The predicted octanol–water partition coefficient (Wildman–Crippen LogP) is 8.07. The van der Waals surface area contributed by atoms with Crippen LogP contribution in [0.4, 0.5) is 5.95 Å². The number of nitrogens with two attached hydrogens (primary N) is 1. The number of ketones is 1. The molecule has 36 heteroatoms. The summed E-state index contributed by atoms with van der Waals surface area (Å²) in [5.41, 5.74) is 7.00. The van der Waals surface area contributed by atoms with Crippen molar-refractivity contribution in [1.29, 1.82) is 0 Å². The molecule has 0 fully saturated rings. The Bertz CT molecular complexity index is 5270. The second-order valence-corrected chi connectivity index (χ2v) is 36.9. The number of rotatable bonds is 81. The highest BCUT2D eigenvalue weighted by Crippen LogP contribution is 2.21. The van der Waals surface area contributed by atoms with E-state index in [1.165, 1.54) is 18.0 Å². The van der Waals surface area contributed by atoms with Crippen molar-refractivity contribution in [3.05, 3.63) is 57.6 Å². The number of aryl methyl sites for hydroxylation is 2. The normalized spacial score (nSPS) is 10.7. The van der Waals surface area contributed by atoms with Gasteiger partial charge in [0.25, 0.3) is 5.56 Å². The molecule has 804 valence electrons. The lowest BCUT2D eigenvalue weighted by Crippen LogP contribution is -2.50. The van der Waals surface area contributed by atoms with Crippen LogP contribution in [0.3, 0.4) is 0 Å². The van der Waals surface area contributed by atoms with E-state index in [1.54, 1.807) is 92.0 Å². The van der Waals surface area contributed by atoms with Crippen LogP contribution >= 0.6 is 11.8 Å². The van der Waals surface area contributed by atoms with Crippen molar-refractivity contribution in [3.63, 3.8) is 0 Å². The molecule has 3 aromatic rings. The van der Waals surface area contributed by atoms with Gasteiger partial charge in [0, 0.05) is 328 Å². The molecule has 0 radical (unpaired) electrons. The predicted molar refractivity (Wildman–Crippen MR) is 579 cm³/mol. The third-order valence-electron chi connectivity index (χ3n) is 24.7. The van der Waals surface area contributed by atoms with Gasteiger partial charge in [-0.2, -0.15) is 16.7 Å². The SMILES string of the molecule is C#CCCCC(=O)NCCN(CCN(CCN(CCN(CCN(CCN(CCN(CCN(CCN(CCN(CCN(CCSCCNC(=O)CCC(CC(=O)c1ccc(CCc2cnc3nc(N)[nH]c(=O)c3n2)cc1)C(=O)O)C(=O)CC)C(=O)CC)C(=O)CCCC#C)C(=O)CCCC#C)C(=O)CCCC#C)C(=O)CCCC#C)C(=O)CCCC#C)C(=O)CCCC#C)C(=O)CCCC#C)C(=O)CCCC#C)C(=O)CCCC#C. The first-order valence-corrected chi connectivity index (χ1v) is 53.0. The number of hydrogen-bond donors (Lipinski definition) is 5. The topological polar surface area (TPSA) is 434 Å². The number of aliphatic carboxylic acids is 1. The van der Waals surface area contributed by atoms with E-state index in [9.17, 15) is 81.8 Å². The summed E-state index contributed by atoms with van der Waals surface area (Å²) in [4.78, 5) is 253. The summed E-state index contributed by atoms with van der Waals surface area (Å²) in [5.74, 6) is 19.9. The lowest BCUT2D eigenvalue weighted by Gasteiger charge is -2.34. The van der Waals surface area contributed by atoms with Crippen molar-refractivity contribution < 1.29 is 77.0 Å². The number of nitrogens with zero attached hydrogens (tertiary/aromatic N) is 14. The van der Waals surface area contributed by atoms with E-state index < -0.39 is 29.1 Å². The van der Waals surface area contributed by atoms with Crippen molar-refractivity contribution in [3.8, 4) is 123 Å². The van der Waals surface area contributed by atoms with E-state index in [2.05, 4.69) is 89.8 Å². The fourth-order valence-electron chi connectivity index (χ4n) is 15.9. The lowest BCUT2D eigenvalue weighted by molar-refractivity contribution is -0.142. The first-order valence-electron chi connectivity index (χ1n) is 51.8. The van der Waals surface area contributed by atoms with Gasteiger partial charge in [0.2, 0.25) is 82.7 Å². The molecule has 0 aliphatic rings. The maximum Gasteiger partial charge on any atom is 0.306 e. The van der Waals surface area contributed by atoms with E-state index in [0.29, 0.717) is 138 Å². The first-order chi connectivity index (χ1) is 71.9. The van der Waals surface area contributed by atoms with Crippen molar-refractivity contribution in [1.82, 2.24) is 84.5 Å². The number of Topliss-reactive ketones (excluding diaryl/α,β-unsaturated/α-hetero) is 1. The smallest absolute Gasteiger partial charge is 0.306 e. The average Bonchev–Trinajstić information content (AvgIpc) is 0.808. The van der Waals surface area contributed by atoms with E-state index in [1.807, 2.05) is 0 Å². The van der Waals surface area contributed by atoms with Crippen LogP contribution in [-0.4, -0.2) is 336 Å². The molecule has 0 spiro atoms. The number of anilines is 1. The van der Waals surface area contributed by atoms with Gasteiger partial charge in [-0.15, -0.1) is 123 Å². The van der Waals surface area contributed by atoms with Gasteiger partial charge in [0.05, 0.1) is 17.8 Å². The van der Waals surface area contributed by atoms with Gasteiger partial charge >= 0.3 is 5.97 Å². The van der Waals surface area contributed by atoms with Crippen LogP contribution in [0.25, 0.3) is 11.2 Å². The number of carboxylic acids is 1. The maximum absolute atomic E-state index is 14.7. The van der Waals surface area contributed by atoms with Gasteiger partial charge in [-0.25, -0.2) is 9.97 Å². The summed E-state index contributed by atoms with van der Waals surface area (Å²) in [5, 5.41) is 15.7. The second-order valence-electron chi connectivity index (χ2n) is 35.7. The molecule has 35 nitrogen and oxygen atoms in total. The number of fused-ring (bicyclic) bond motifs is 1. The molecule has 3 rings (SSSR count). The third kappa shape index (κ3) is 54.6. The number of nitrogen functional groups attached to an aromatic ring is 1. The fourth-order valence-corrected chi connectivity index (χ4v) is 16.7. The number of aromatic nitrogens is 4. The highest BCUT2D eigenvalue weighted by Gasteiger charge is 2.31. The number of terminal acetylenes is 10. The Labute approximate surface area is 886 Å². The summed E-state index contributed by atoms with van der Waals surface area (Å²) in [6, 6.07) is 6.72. The highest BCUT2D eigenvalue weighted by molar-refractivity contribution is 7.99. The van der Waals surface area contributed by atoms with E-state index >= 15 is 0 Å². The number of H-pyrrole nitrogens is 1. The zero-order chi connectivity index (χ0) is 110. The summed E-state index contributed by atoms with van der Waals surface area (Å²) in [7, 11) is 0. The Morgan fingerprint density at radius 3 is 0.926 bits per heavy atom. The van der Waals surface area contributed by atoms with Crippen molar-refractivity contribution in [2.24, 2.45) is 5.92 Å². The fraction of sp³-hybridized carbons (Fsp3) is 0.584. The Morgan fingerprint density at radius 1 is 0.356 bits per heavy atom. The Hall–Kier alpha value is -14.6. The molecule has 2 aromatic heterocycles. The number of nitrogens with one attached hydrogen (secondary N) is 3. The lowest BCUT2D eigenvalue weighted by atomic mass is 9.93. The van der Waals surface area contributed by atoms with Gasteiger partial charge < -0.3 is 75.4 Å². The molecular formula is C113H154N18O17S. The van der Waals surface area contributed by atoms with Crippen LogP contribution in [0.5, 0.6) is 0 Å². The summed E-state index contributed by atoms with van der Waals surface area (Å²) >= 11 is 1.47. The molecule has 149 heavy (non-hydrogen) atoms. The van der Waals surface area contributed by atoms with E-state index in [-0.39, 0.29) is 367 Å². The van der Waals surface area contributed by atoms with Gasteiger partial charge in [0.15, 0.2) is 16.9 Å². The van der Waals surface area contributed by atoms with Crippen molar-refractivity contribution in [2.45, 2.75) is 251 Å². The van der Waals surface area contributed by atoms with E-state index in [4.69, 9.17) is 70.0 Å². The minimum Gasteiger partial charge on any atom is -0.481 e. The average molecular weight is 2070 g/mol. The Balaban J connectivity index is 1.90. The van der Waals surface area contributed by atoms with Crippen LogP contribution < -0.4 is 21.9 Å². The molecule has 1 atom stereocenters. The quantitative estimate of drug-likeness (QED) is 0.0202. The standard InChI is InChI=1S/C113H154N18O17S/c1-13-25-35-45-96(133)115-63-65-121(100(137)46-36-26-14-2)66-69-123(101(138)47-37-27-15-3)71-73-125(103(140)49-39-29-17-5)75-77-127(105(142)51-41-31-19-7)79-81-129(107(144)53-43-33-21-9)83-84-130(108(145)54-44-34-22-10)82-80-128(106(143)52-42-32-20-8)78-76-126(104(141)50-40-30-18-6)74-72-124(102(139)48-38-28-16-4)70-67-122(98(135)23-11)68-85-131(99(136)24-12)86-88-149-87-64-116-97(134)62-60-93(112(147)148)89-95(132)92-58-55-91(56-59-92)57-61-94-90-117-110-109(118-94)111(146)120-113(114)119-110/h1-10,55-56,58-59,90,93H,23-54,57,60-89H2,11-12H3,(H,115,133)(H,116,134)(H,147,148)(H3,114,117,119,120,146). The number of hydrogen-bond acceptors (Lipinski definition) is 21. The van der Waals surface area contributed by atoms with Gasteiger partial charge in [-0.1, -0.05) is 38.1 Å². The van der Waals surface area contributed by atoms with Crippen LogP contribution in [-0.2, 0) is 80.0 Å². The molecule has 13 amide bonds. The van der Waals surface area contributed by atoms with Gasteiger partial charge in [0.1, 0.15) is 0 Å². The van der Waals surface area contributed by atoms with Crippen LogP contribution in [0.1, 0.15) is 260 Å². The molecule has 0 aliphatic carbocycles. The first kappa shape index (κ1) is 129. The van der Waals surface area contributed by atoms with Crippen LogP contribution in [0.2, 0.25) is 0 Å². The van der Waals surface area contributed by atoms with Crippen LogP contribution in [0, 0.1) is 129 Å². The minimum absolute atomic E-state index is 0.000572. The minimum atomic E-state index is -1.22. The number of thioether (sulfide) groups is 1. The molecule has 1 aromatic carbocycles. The van der Waals surface area contributed by atoms with Crippen LogP contribution in [0.15, 0.2) is 35.3 Å². The molecule has 0 saturated carbocycles. The maximum atomic E-state index is 14.7. The largest absolute Gasteiger partial charge is 0.481 e. The van der Waals surface area contributed by atoms with Gasteiger partial charge in [-0.05, 0) is 89.0 Å². The molecule has 0 aliphatic heterocycles. The number of carbonyl (C=O) groups is 15. The zero-order valence-electron chi connectivity index (χ0n) is 87.5. The molecule has 0 saturated heterocycles. The number of carbonyl (C=O) groups excluding carboxylic acids is 14. The Morgan fingerprint density at radius 2 is 0.631 bits per heavy atom. The third-order valence-corrected chi connectivity index (χ3v) is 25.7. The van der Waals surface area contributed by atoms with Crippen molar-refractivity contribution >= 4 is 117 Å². The Kier molecular flexibility index (Phi) is 67.9. The summed E-state index contributed by atoms with van der Waals surface area (Å²) in [6.07, 6.45) is 65.4. The molecule has 1 unspecified atom stereocenters. The zero-order valence-corrected chi connectivity index (χ0v) is 88.3. The number of amides is 13. The number of benzene rings is 1. The summed E-state index contributed by atoms with van der Waals surface area (Å²) < 4.78 is 0. The number of carboxylic acid groups (broad SMARTS) is 1. The van der Waals surface area contributed by atoms with E-state index in [0.717, 1.165) is 5.56 Å². The van der Waals surface area contributed by atoms with Gasteiger partial charge in [-0.3, -0.25) is 81.7 Å². The molecule has 0 bridgehead atoms. The molecule has 6 N–H and O–H groups in total.